The van der Waals surface area contributed by atoms with E-state index < -0.39 is 0 Å². The third kappa shape index (κ3) is 2.97. The van der Waals surface area contributed by atoms with Crippen LogP contribution in [0.1, 0.15) is 49.7 Å². The van der Waals surface area contributed by atoms with Crippen molar-refractivity contribution in [1.82, 2.24) is 5.43 Å². The molecule has 0 radical (unpaired) electrons. The van der Waals surface area contributed by atoms with Crippen LogP contribution in [0, 0.1) is 5.92 Å². The quantitative estimate of drug-likeness (QED) is 0.501. The summed E-state index contributed by atoms with van der Waals surface area (Å²) < 4.78 is 0. The highest BCUT2D eigenvalue weighted by Crippen LogP contribution is 2.32. The van der Waals surface area contributed by atoms with Gasteiger partial charge in [-0.1, -0.05) is 42.3 Å². The van der Waals surface area contributed by atoms with Gasteiger partial charge in [-0.25, -0.2) is 0 Å². The van der Waals surface area contributed by atoms with Gasteiger partial charge in [-0.15, -0.1) is 0 Å². The number of hydrogen-bond donors (Lipinski definition) is 2. The molecule has 1 aromatic rings. The number of hydrazine groups is 1. The van der Waals surface area contributed by atoms with Crippen LogP contribution in [-0.4, -0.2) is 6.04 Å². The maximum atomic E-state index is 5.91. The summed E-state index contributed by atoms with van der Waals surface area (Å²) in [4.78, 5) is 0. The van der Waals surface area contributed by atoms with Crippen molar-refractivity contribution in [2.45, 2.75) is 57.4 Å². The first kappa shape index (κ1) is 13.8. The summed E-state index contributed by atoms with van der Waals surface area (Å²) in [7, 11) is 0. The van der Waals surface area contributed by atoms with E-state index in [1.807, 2.05) is 0 Å². The number of allylic oxidation sites excluding steroid dienone is 1. The fourth-order valence-corrected chi connectivity index (χ4v) is 3.88. The first-order valence-electron chi connectivity index (χ1n) is 8.10. The van der Waals surface area contributed by atoms with Crippen LogP contribution in [0.4, 0.5) is 0 Å². The van der Waals surface area contributed by atoms with Gasteiger partial charge in [0.1, 0.15) is 0 Å². The minimum Gasteiger partial charge on any atom is -0.271 e. The first-order chi connectivity index (χ1) is 9.88. The second-order valence-corrected chi connectivity index (χ2v) is 6.29. The SMILES string of the molecule is NNC(C1=CCCCCC1)C1CCc2ccccc2C1. The molecular formula is C18H26N2. The van der Waals surface area contributed by atoms with Crippen LogP contribution in [0.5, 0.6) is 0 Å². The number of hydrogen-bond acceptors (Lipinski definition) is 2. The minimum atomic E-state index is 0.376. The third-order valence-corrected chi connectivity index (χ3v) is 5.01. The molecule has 2 heteroatoms. The van der Waals surface area contributed by atoms with E-state index in [2.05, 4.69) is 35.8 Å². The highest BCUT2D eigenvalue weighted by molar-refractivity contribution is 5.31. The third-order valence-electron chi connectivity index (χ3n) is 5.01. The van der Waals surface area contributed by atoms with E-state index in [9.17, 15) is 0 Å². The van der Waals surface area contributed by atoms with Gasteiger partial charge in [-0.05, 0) is 62.0 Å². The van der Waals surface area contributed by atoms with Gasteiger partial charge in [0.25, 0.3) is 0 Å². The Morgan fingerprint density at radius 3 is 2.75 bits per heavy atom. The topological polar surface area (TPSA) is 38.0 Å². The largest absolute Gasteiger partial charge is 0.271 e. The first-order valence-corrected chi connectivity index (χ1v) is 8.10. The predicted molar refractivity (Wildman–Crippen MR) is 84.2 cm³/mol. The van der Waals surface area contributed by atoms with Crippen LogP contribution in [0.15, 0.2) is 35.9 Å². The van der Waals surface area contributed by atoms with E-state index in [1.54, 1.807) is 5.57 Å². The van der Waals surface area contributed by atoms with Crippen molar-refractivity contribution in [3.63, 3.8) is 0 Å². The summed E-state index contributed by atoms with van der Waals surface area (Å²) in [5.41, 5.74) is 7.76. The smallest absolute Gasteiger partial charge is 0.0451 e. The molecule has 2 aliphatic rings. The second-order valence-electron chi connectivity index (χ2n) is 6.29. The van der Waals surface area contributed by atoms with Gasteiger partial charge < -0.3 is 0 Å². The molecule has 108 valence electrons. The van der Waals surface area contributed by atoms with Gasteiger partial charge in [0, 0.05) is 6.04 Å². The molecule has 2 nitrogen and oxygen atoms in total. The maximum absolute atomic E-state index is 5.91. The van der Waals surface area contributed by atoms with Crippen LogP contribution < -0.4 is 11.3 Å². The molecule has 0 bridgehead atoms. The molecule has 3 N–H and O–H groups in total. The molecule has 20 heavy (non-hydrogen) atoms. The lowest BCUT2D eigenvalue weighted by atomic mass is 9.77. The molecule has 0 heterocycles. The Morgan fingerprint density at radius 2 is 1.90 bits per heavy atom. The Bertz CT molecular complexity index is 478. The normalized spacial score (nSPS) is 24.4. The van der Waals surface area contributed by atoms with Gasteiger partial charge >= 0.3 is 0 Å². The summed E-state index contributed by atoms with van der Waals surface area (Å²) >= 11 is 0. The summed E-state index contributed by atoms with van der Waals surface area (Å²) in [6.45, 7) is 0. The molecule has 2 atom stereocenters. The number of aryl methyl sites for hydroxylation is 1. The van der Waals surface area contributed by atoms with Gasteiger partial charge in [-0.3, -0.25) is 11.3 Å². The predicted octanol–water partition coefficient (Wildman–Crippen LogP) is 3.51. The zero-order valence-electron chi connectivity index (χ0n) is 12.3. The lowest BCUT2D eigenvalue weighted by Crippen LogP contribution is -2.44. The Morgan fingerprint density at radius 1 is 1.05 bits per heavy atom. The van der Waals surface area contributed by atoms with E-state index in [0.29, 0.717) is 12.0 Å². The molecule has 0 amide bonds. The Balaban J connectivity index is 1.76. The van der Waals surface area contributed by atoms with Crippen LogP contribution in [0.25, 0.3) is 0 Å². The van der Waals surface area contributed by atoms with E-state index in [4.69, 9.17) is 5.84 Å². The van der Waals surface area contributed by atoms with E-state index in [-0.39, 0.29) is 0 Å². The number of nitrogens with one attached hydrogen (secondary N) is 1. The fraction of sp³-hybridized carbons (Fsp3) is 0.556. The average molecular weight is 270 g/mol. The molecule has 0 spiro atoms. The number of benzene rings is 1. The molecular weight excluding hydrogens is 244 g/mol. The minimum absolute atomic E-state index is 0.376. The standard InChI is InChI=1S/C18H26N2/c19-20-18(15-8-3-1-2-4-9-15)17-12-11-14-7-5-6-10-16(14)13-17/h5-8,10,17-18,20H,1-4,9,11-13,19H2. The molecule has 0 saturated heterocycles. The van der Waals surface area contributed by atoms with Crippen LogP contribution in [0.3, 0.4) is 0 Å². The van der Waals surface area contributed by atoms with E-state index >= 15 is 0 Å². The van der Waals surface area contributed by atoms with Crippen molar-refractivity contribution in [3.05, 3.63) is 47.0 Å². The van der Waals surface area contributed by atoms with Crippen molar-refractivity contribution in [1.29, 1.82) is 0 Å². The van der Waals surface area contributed by atoms with E-state index in [1.165, 1.54) is 62.5 Å². The highest BCUT2D eigenvalue weighted by Gasteiger charge is 2.27. The van der Waals surface area contributed by atoms with Crippen LogP contribution >= 0.6 is 0 Å². The molecule has 0 fully saturated rings. The van der Waals surface area contributed by atoms with Crippen molar-refractivity contribution < 1.29 is 0 Å². The monoisotopic (exact) mass is 270 g/mol. The van der Waals surface area contributed by atoms with Crippen molar-refractivity contribution in [2.24, 2.45) is 11.8 Å². The molecule has 0 aliphatic heterocycles. The number of fused-ring (bicyclic) bond motifs is 1. The lowest BCUT2D eigenvalue weighted by molar-refractivity contribution is 0.350. The van der Waals surface area contributed by atoms with Crippen molar-refractivity contribution in [2.75, 3.05) is 0 Å². The zero-order valence-corrected chi connectivity index (χ0v) is 12.3. The Kier molecular flexibility index (Phi) is 4.54. The molecule has 2 unspecified atom stereocenters. The highest BCUT2D eigenvalue weighted by atomic mass is 15.2. The maximum Gasteiger partial charge on any atom is 0.0451 e. The molecule has 0 saturated carbocycles. The number of rotatable bonds is 3. The lowest BCUT2D eigenvalue weighted by Gasteiger charge is -2.33. The fourth-order valence-electron chi connectivity index (χ4n) is 3.88. The summed E-state index contributed by atoms with van der Waals surface area (Å²) in [5.74, 6) is 6.57. The molecule has 1 aromatic carbocycles. The van der Waals surface area contributed by atoms with Crippen LogP contribution in [-0.2, 0) is 12.8 Å². The van der Waals surface area contributed by atoms with Crippen LogP contribution in [0.2, 0.25) is 0 Å². The van der Waals surface area contributed by atoms with E-state index in [0.717, 1.165) is 0 Å². The Labute approximate surface area is 122 Å². The number of nitrogens with two attached hydrogens (primary N) is 1. The van der Waals surface area contributed by atoms with Crippen molar-refractivity contribution >= 4 is 0 Å². The van der Waals surface area contributed by atoms with Gasteiger partial charge in [0.05, 0.1) is 0 Å². The summed E-state index contributed by atoms with van der Waals surface area (Å²) in [6, 6.07) is 9.27. The zero-order chi connectivity index (χ0) is 13.8. The second kappa shape index (κ2) is 6.55. The molecule has 3 rings (SSSR count). The van der Waals surface area contributed by atoms with Crippen molar-refractivity contribution in [3.8, 4) is 0 Å². The summed E-state index contributed by atoms with van der Waals surface area (Å²) in [5, 5.41) is 0. The molecule has 0 aromatic heterocycles. The summed E-state index contributed by atoms with van der Waals surface area (Å²) in [6.07, 6.45) is 12.6. The van der Waals surface area contributed by atoms with Gasteiger partial charge in [-0.2, -0.15) is 0 Å². The van der Waals surface area contributed by atoms with Gasteiger partial charge in [0.15, 0.2) is 0 Å². The van der Waals surface area contributed by atoms with Gasteiger partial charge in [0.2, 0.25) is 0 Å². The average Bonchev–Trinajstić information content (AvgIpc) is 2.77. The molecule has 2 aliphatic carbocycles. The Hall–Kier alpha value is -1.12.